The third kappa shape index (κ3) is 1.67. The number of aliphatic hydroxyl groups excluding tert-OH is 2. The van der Waals surface area contributed by atoms with Crippen molar-refractivity contribution in [2.75, 3.05) is 0 Å². The number of fused-ring (bicyclic) bond motifs is 2. The van der Waals surface area contributed by atoms with E-state index in [4.69, 9.17) is 9.47 Å². The number of hydrogen-bond donors (Lipinski definition) is 2. The highest BCUT2D eigenvalue weighted by Crippen LogP contribution is 2.43. The molecule has 0 bridgehead atoms. The molecule has 3 rings (SSSR count). The summed E-state index contributed by atoms with van der Waals surface area (Å²) in [6, 6.07) is 0. The van der Waals surface area contributed by atoms with Crippen LogP contribution >= 0.6 is 0 Å². The molecule has 2 aliphatic carbocycles. The van der Waals surface area contributed by atoms with E-state index in [1.165, 1.54) is 0 Å². The molecule has 17 heavy (non-hydrogen) atoms. The van der Waals surface area contributed by atoms with E-state index >= 15 is 0 Å². The average Bonchev–Trinajstić information content (AvgIpc) is 2.63. The lowest BCUT2D eigenvalue weighted by Crippen LogP contribution is -2.56. The number of allylic oxidation sites excluding steroid dienone is 2. The molecule has 6 atom stereocenters. The Bertz CT molecular complexity index is 340. The van der Waals surface area contributed by atoms with Crippen LogP contribution in [0, 0.1) is 11.8 Å². The van der Waals surface area contributed by atoms with Gasteiger partial charge in [0.05, 0.1) is 12.2 Å². The predicted octanol–water partition coefficient (Wildman–Crippen LogP) is 0.600. The molecule has 0 radical (unpaired) electrons. The second kappa shape index (κ2) is 3.65. The van der Waals surface area contributed by atoms with Crippen LogP contribution in [0.4, 0.5) is 0 Å². The molecule has 4 heteroatoms. The van der Waals surface area contributed by atoms with E-state index in [0.717, 1.165) is 0 Å². The SMILES string of the molecule is CC1(C)O[C@@H]2[C@@H](O)[C@H]3C=CC=C[C@H]3[C@@H](O)[C@@H]2O1. The van der Waals surface area contributed by atoms with Gasteiger partial charge in [-0.05, 0) is 13.8 Å². The normalized spacial score (nSPS) is 51.1. The lowest BCUT2D eigenvalue weighted by Gasteiger charge is -2.42. The number of ether oxygens (including phenoxy) is 2. The van der Waals surface area contributed by atoms with Crippen molar-refractivity contribution in [1.29, 1.82) is 0 Å². The molecular formula is C13H18O4. The fourth-order valence-corrected chi connectivity index (χ4v) is 3.11. The zero-order valence-corrected chi connectivity index (χ0v) is 9.98. The van der Waals surface area contributed by atoms with Crippen molar-refractivity contribution >= 4 is 0 Å². The van der Waals surface area contributed by atoms with Crippen LogP contribution in [0.1, 0.15) is 13.8 Å². The quantitative estimate of drug-likeness (QED) is 0.649. The molecule has 0 aromatic rings. The van der Waals surface area contributed by atoms with Gasteiger partial charge in [0.25, 0.3) is 0 Å². The Hall–Kier alpha value is -0.680. The standard InChI is InChI=1S/C13H18O4/c1-13(2)16-11-9(14)7-5-3-4-6-8(7)10(15)12(11)17-13/h3-12,14-15H,1-2H3/t7-,8+,9-,10+,11+,12-. The minimum atomic E-state index is -0.738. The van der Waals surface area contributed by atoms with Crippen molar-refractivity contribution in [1.82, 2.24) is 0 Å². The van der Waals surface area contributed by atoms with Gasteiger partial charge in [-0.25, -0.2) is 0 Å². The molecule has 3 aliphatic rings. The molecule has 4 nitrogen and oxygen atoms in total. The predicted molar refractivity (Wildman–Crippen MR) is 61.1 cm³/mol. The molecule has 2 fully saturated rings. The summed E-state index contributed by atoms with van der Waals surface area (Å²) >= 11 is 0. The summed E-state index contributed by atoms with van der Waals surface area (Å²) in [5.41, 5.74) is 0. The third-order valence-corrected chi connectivity index (χ3v) is 3.85. The minimum absolute atomic E-state index is 0.0891. The zero-order valence-electron chi connectivity index (χ0n) is 9.98. The Labute approximate surface area is 101 Å². The van der Waals surface area contributed by atoms with Gasteiger partial charge in [0, 0.05) is 11.8 Å². The molecule has 94 valence electrons. The van der Waals surface area contributed by atoms with E-state index in [1.807, 2.05) is 24.3 Å². The zero-order chi connectivity index (χ0) is 12.2. The first kappa shape index (κ1) is 11.4. The summed E-state index contributed by atoms with van der Waals surface area (Å²) < 4.78 is 11.4. The highest BCUT2D eigenvalue weighted by Gasteiger charge is 2.56. The van der Waals surface area contributed by atoms with Gasteiger partial charge in [0.15, 0.2) is 5.79 Å². The van der Waals surface area contributed by atoms with Gasteiger partial charge < -0.3 is 19.7 Å². The monoisotopic (exact) mass is 238 g/mol. The topological polar surface area (TPSA) is 58.9 Å². The van der Waals surface area contributed by atoms with Crippen molar-refractivity contribution in [3.63, 3.8) is 0 Å². The second-order valence-electron chi connectivity index (χ2n) is 5.47. The third-order valence-electron chi connectivity index (χ3n) is 3.85. The van der Waals surface area contributed by atoms with Crippen molar-refractivity contribution in [2.45, 2.75) is 44.1 Å². The summed E-state index contributed by atoms with van der Waals surface area (Å²) in [6.45, 7) is 3.61. The van der Waals surface area contributed by atoms with E-state index < -0.39 is 30.2 Å². The fraction of sp³-hybridized carbons (Fsp3) is 0.692. The van der Waals surface area contributed by atoms with Gasteiger partial charge in [0.1, 0.15) is 12.2 Å². The highest BCUT2D eigenvalue weighted by molar-refractivity contribution is 5.21. The van der Waals surface area contributed by atoms with Gasteiger partial charge in [-0.3, -0.25) is 0 Å². The molecule has 0 spiro atoms. The molecule has 0 aromatic carbocycles. The first-order valence-electron chi connectivity index (χ1n) is 6.06. The van der Waals surface area contributed by atoms with Gasteiger partial charge in [-0.1, -0.05) is 24.3 Å². The maximum Gasteiger partial charge on any atom is 0.164 e. The average molecular weight is 238 g/mol. The second-order valence-corrected chi connectivity index (χ2v) is 5.47. The summed E-state index contributed by atoms with van der Waals surface area (Å²) in [5, 5.41) is 20.6. The van der Waals surface area contributed by atoms with E-state index in [0.29, 0.717) is 0 Å². The maximum atomic E-state index is 10.3. The number of rotatable bonds is 0. The van der Waals surface area contributed by atoms with Gasteiger partial charge in [0.2, 0.25) is 0 Å². The van der Waals surface area contributed by atoms with Crippen molar-refractivity contribution in [2.24, 2.45) is 11.8 Å². The molecule has 1 saturated carbocycles. The number of aliphatic hydroxyl groups is 2. The van der Waals surface area contributed by atoms with Crippen LogP contribution in [0.5, 0.6) is 0 Å². The first-order chi connectivity index (χ1) is 7.99. The van der Waals surface area contributed by atoms with Crippen LogP contribution in [-0.2, 0) is 9.47 Å². The van der Waals surface area contributed by atoms with E-state index in [2.05, 4.69) is 0 Å². The molecular weight excluding hydrogens is 220 g/mol. The van der Waals surface area contributed by atoms with Crippen molar-refractivity contribution in [3.8, 4) is 0 Å². The van der Waals surface area contributed by atoms with E-state index in [9.17, 15) is 10.2 Å². The largest absolute Gasteiger partial charge is 0.390 e. The summed E-state index contributed by atoms with van der Waals surface area (Å²) in [6.07, 6.45) is 5.52. The van der Waals surface area contributed by atoms with Crippen LogP contribution in [0.15, 0.2) is 24.3 Å². The Balaban J connectivity index is 1.93. The van der Waals surface area contributed by atoms with Crippen molar-refractivity contribution in [3.05, 3.63) is 24.3 Å². The van der Waals surface area contributed by atoms with Crippen molar-refractivity contribution < 1.29 is 19.7 Å². The van der Waals surface area contributed by atoms with Crippen LogP contribution in [0.2, 0.25) is 0 Å². The van der Waals surface area contributed by atoms with Crippen LogP contribution in [0.25, 0.3) is 0 Å². The smallest absolute Gasteiger partial charge is 0.164 e. The molecule has 0 unspecified atom stereocenters. The Morgan fingerprint density at radius 2 is 1.29 bits per heavy atom. The maximum absolute atomic E-state index is 10.3. The Morgan fingerprint density at radius 1 is 0.882 bits per heavy atom. The van der Waals surface area contributed by atoms with Gasteiger partial charge >= 0.3 is 0 Å². The highest BCUT2D eigenvalue weighted by atomic mass is 16.8. The summed E-state index contributed by atoms with van der Waals surface area (Å²) in [4.78, 5) is 0. The molecule has 2 N–H and O–H groups in total. The molecule has 1 heterocycles. The molecule has 1 aliphatic heterocycles. The molecule has 0 amide bonds. The van der Waals surface area contributed by atoms with Crippen LogP contribution < -0.4 is 0 Å². The molecule has 1 saturated heterocycles. The van der Waals surface area contributed by atoms with Gasteiger partial charge in [-0.2, -0.15) is 0 Å². The minimum Gasteiger partial charge on any atom is -0.390 e. The summed E-state index contributed by atoms with van der Waals surface area (Å²) in [5.74, 6) is -0.916. The first-order valence-corrected chi connectivity index (χ1v) is 6.06. The van der Waals surface area contributed by atoms with Gasteiger partial charge in [-0.15, -0.1) is 0 Å². The lowest BCUT2D eigenvalue weighted by atomic mass is 9.71. The summed E-state index contributed by atoms with van der Waals surface area (Å²) in [7, 11) is 0. The van der Waals surface area contributed by atoms with E-state index in [-0.39, 0.29) is 11.8 Å². The van der Waals surface area contributed by atoms with Crippen LogP contribution in [0.3, 0.4) is 0 Å². The molecule has 0 aromatic heterocycles. The van der Waals surface area contributed by atoms with E-state index in [1.54, 1.807) is 13.8 Å². The lowest BCUT2D eigenvalue weighted by molar-refractivity contribution is -0.157. The number of hydrogen-bond acceptors (Lipinski definition) is 4. The Kier molecular flexibility index (Phi) is 2.45. The fourth-order valence-electron chi connectivity index (χ4n) is 3.11. The van der Waals surface area contributed by atoms with Crippen LogP contribution in [-0.4, -0.2) is 40.4 Å². The Morgan fingerprint density at radius 3 is 1.71 bits per heavy atom.